The molecule has 0 saturated heterocycles. The molecule has 0 fully saturated rings. The van der Waals surface area contributed by atoms with Gasteiger partial charge in [0.1, 0.15) is 0 Å². The average molecular weight is 367 g/mol. The first-order valence-corrected chi connectivity index (χ1v) is 7.94. The van der Waals surface area contributed by atoms with Crippen LogP contribution in [0.25, 0.3) is 0 Å². The molecule has 0 bridgehead atoms. The topological polar surface area (TPSA) is 20.3 Å². The number of ketones is 1. The first kappa shape index (κ1) is 16.2. The molecule has 0 unspecified atom stereocenters. The predicted octanol–water partition coefficient (Wildman–Crippen LogP) is 4.81. The third kappa shape index (κ3) is 4.95. The maximum Gasteiger partial charge on any atom is 0.164 e. The third-order valence-corrected chi connectivity index (χ3v) is 4.27. The van der Waals surface area contributed by atoms with Gasteiger partial charge in [0.15, 0.2) is 5.78 Å². The van der Waals surface area contributed by atoms with Crippen LogP contribution in [0, 0.1) is 0 Å². The van der Waals surface area contributed by atoms with Crippen LogP contribution in [0.2, 0.25) is 5.02 Å². The lowest BCUT2D eigenvalue weighted by Gasteiger charge is -2.17. The van der Waals surface area contributed by atoms with Crippen molar-refractivity contribution >= 4 is 33.3 Å². The highest BCUT2D eigenvalue weighted by Crippen LogP contribution is 2.18. The van der Waals surface area contributed by atoms with E-state index in [-0.39, 0.29) is 5.78 Å². The minimum atomic E-state index is 0.122. The highest BCUT2D eigenvalue weighted by atomic mass is 79.9. The van der Waals surface area contributed by atoms with Crippen molar-refractivity contribution in [1.29, 1.82) is 0 Å². The largest absolute Gasteiger partial charge is 0.302 e. The number of halogens is 2. The molecule has 0 spiro atoms. The van der Waals surface area contributed by atoms with Crippen LogP contribution in [0.4, 0.5) is 0 Å². The molecule has 4 heteroatoms. The van der Waals surface area contributed by atoms with E-state index in [0.29, 0.717) is 23.6 Å². The van der Waals surface area contributed by atoms with Gasteiger partial charge >= 0.3 is 0 Å². The van der Waals surface area contributed by atoms with E-state index in [2.05, 4.69) is 26.9 Å². The molecule has 21 heavy (non-hydrogen) atoms. The van der Waals surface area contributed by atoms with E-state index in [1.807, 2.05) is 31.3 Å². The van der Waals surface area contributed by atoms with Crippen LogP contribution >= 0.6 is 27.5 Å². The van der Waals surface area contributed by atoms with Gasteiger partial charge in [-0.2, -0.15) is 0 Å². The van der Waals surface area contributed by atoms with Crippen molar-refractivity contribution in [1.82, 2.24) is 4.90 Å². The SMILES string of the molecule is CN(CCC(=O)c1cccc(Cl)c1)Cc1ccccc1Br. The summed E-state index contributed by atoms with van der Waals surface area (Å²) in [5.41, 5.74) is 1.90. The van der Waals surface area contributed by atoms with Crippen molar-refractivity contribution in [2.24, 2.45) is 0 Å². The van der Waals surface area contributed by atoms with Crippen LogP contribution in [0.5, 0.6) is 0 Å². The van der Waals surface area contributed by atoms with Gasteiger partial charge in [-0.1, -0.05) is 57.9 Å². The summed E-state index contributed by atoms with van der Waals surface area (Å²) in [4.78, 5) is 14.3. The molecule has 0 aliphatic rings. The molecule has 0 heterocycles. The Hall–Kier alpha value is -1.16. The monoisotopic (exact) mass is 365 g/mol. The van der Waals surface area contributed by atoms with E-state index in [1.165, 1.54) is 5.56 Å². The molecule has 2 aromatic rings. The Bertz CT molecular complexity index is 630. The maximum atomic E-state index is 12.1. The molecular formula is C17H17BrClNO. The van der Waals surface area contributed by atoms with Crippen LogP contribution < -0.4 is 0 Å². The summed E-state index contributed by atoms with van der Waals surface area (Å²) >= 11 is 9.45. The minimum absolute atomic E-state index is 0.122. The Balaban J connectivity index is 1.88. The summed E-state index contributed by atoms with van der Waals surface area (Å²) in [7, 11) is 2.02. The van der Waals surface area contributed by atoms with Gasteiger partial charge in [0.05, 0.1) is 0 Å². The van der Waals surface area contributed by atoms with Gasteiger partial charge in [0.2, 0.25) is 0 Å². The molecule has 2 aromatic carbocycles. The number of nitrogens with zero attached hydrogens (tertiary/aromatic N) is 1. The third-order valence-electron chi connectivity index (χ3n) is 3.27. The number of carbonyl (C=O) groups is 1. The zero-order valence-electron chi connectivity index (χ0n) is 11.9. The molecule has 0 atom stereocenters. The lowest BCUT2D eigenvalue weighted by molar-refractivity contribution is 0.0968. The molecule has 0 radical (unpaired) electrons. The molecule has 0 aliphatic heterocycles. The second kappa shape index (κ2) is 7.74. The lowest BCUT2D eigenvalue weighted by Crippen LogP contribution is -2.21. The van der Waals surface area contributed by atoms with Gasteiger partial charge in [0, 0.05) is 34.6 Å². The van der Waals surface area contributed by atoms with E-state index in [9.17, 15) is 4.79 Å². The Labute approximate surface area is 138 Å². The second-order valence-corrected chi connectivity index (χ2v) is 6.30. The molecule has 0 saturated carbocycles. The first-order valence-electron chi connectivity index (χ1n) is 6.77. The van der Waals surface area contributed by atoms with Gasteiger partial charge in [-0.15, -0.1) is 0 Å². The minimum Gasteiger partial charge on any atom is -0.302 e. The van der Waals surface area contributed by atoms with Crippen LogP contribution in [-0.4, -0.2) is 24.3 Å². The smallest absolute Gasteiger partial charge is 0.164 e. The number of rotatable bonds is 6. The van der Waals surface area contributed by atoms with Crippen molar-refractivity contribution in [2.75, 3.05) is 13.6 Å². The Morgan fingerprint density at radius 2 is 1.95 bits per heavy atom. The van der Waals surface area contributed by atoms with Crippen molar-refractivity contribution in [3.8, 4) is 0 Å². The van der Waals surface area contributed by atoms with Crippen molar-refractivity contribution in [2.45, 2.75) is 13.0 Å². The molecule has 2 rings (SSSR count). The summed E-state index contributed by atoms with van der Waals surface area (Å²) in [6, 6.07) is 15.2. The number of Topliss-reactive ketones (excluding diaryl/α,β-unsaturated/α-hetero) is 1. The van der Waals surface area contributed by atoms with Crippen molar-refractivity contribution < 1.29 is 4.79 Å². The molecule has 0 amide bonds. The van der Waals surface area contributed by atoms with Gasteiger partial charge in [0.25, 0.3) is 0 Å². The number of hydrogen-bond donors (Lipinski definition) is 0. The van der Waals surface area contributed by atoms with Crippen LogP contribution in [0.15, 0.2) is 53.0 Å². The van der Waals surface area contributed by atoms with Gasteiger partial charge in [-0.05, 0) is 30.8 Å². The van der Waals surface area contributed by atoms with Gasteiger partial charge < -0.3 is 4.90 Å². The first-order chi connectivity index (χ1) is 10.1. The van der Waals surface area contributed by atoms with E-state index in [1.54, 1.807) is 18.2 Å². The predicted molar refractivity (Wildman–Crippen MR) is 90.9 cm³/mol. The van der Waals surface area contributed by atoms with Crippen molar-refractivity contribution in [3.63, 3.8) is 0 Å². The molecule has 0 N–H and O–H groups in total. The zero-order chi connectivity index (χ0) is 15.2. The molecule has 2 nitrogen and oxygen atoms in total. The maximum absolute atomic E-state index is 12.1. The number of benzene rings is 2. The van der Waals surface area contributed by atoms with E-state index in [0.717, 1.165) is 11.0 Å². The lowest BCUT2D eigenvalue weighted by atomic mass is 10.1. The summed E-state index contributed by atoms with van der Waals surface area (Å²) in [5.74, 6) is 0.122. The fourth-order valence-corrected chi connectivity index (χ4v) is 2.70. The molecule has 110 valence electrons. The summed E-state index contributed by atoms with van der Waals surface area (Å²) < 4.78 is 1.10. The number of carbonyl (C=O) groups excluding carboxylic acids is 1. The van der Waals surface area contributed by atoms with Crippen LogP contribution in [0.3, 0.4) is 0 Å². The second-order valence-electron chi connectivity index (χ2n) is 5.01. The Morgan fingerprint density at radius 1 is 1.19 bits per heavy atom. The van der Waals surface area contributed by atoms with Gasteiger partial charge in [-0.25, -0.2) is 0 Å². The highest BCUT2D eigenvalue weighted by molar-refractivity contribution is 9.10. The molecule has 0 aromatic heterocycles. The summed E-state index contributed by atoms with van der Waals surface area (Å²) in [6.45, 7) is 1.52. The van der Waals surface area contributed by atoms with E-state index < -0.39 is 0 Å². The fraction of sp³-hybridized carbons (Fsp3) is 0.235. The molecular weight excluding hydrogens is 350 g/mol. The standard InChI is InChI=1S/C17H17BrClNO/c1-20(12-14-5-2-3-8-16(14)18)10-9-17(21)13-6-4-7-15(19)11-13/h2-8,11H,9-10,12H2,1H3. The van der Waals surface area contributed by atoms with Gasteiger partial charge in [-0.3, -0.25) is 4.79 Å². The van der Waals surface area contributed by atoms with Crippen LogP contribution in [-0.2, 0) is 6.54 Å². The highest BCUT2D eigenvalue weighted by Gasteiger charge is 2.09. The Kier molecular flexibility index (Phi) is 5.97. The zero-order valence-corrected chi connectivity index (χ0v) is 14.2. The van der Waals surface area contributed by atoms with Crippen molar-refractivity contribution in [3.05, 3.63) is 69.2 Å². The summed E-state index contributed by atoms with van der Waals surface area (Å²) in [6.07, 6.45) is 0.487. The molecule has 0 aliphatic carbocycles. The fourth-order valence-electron chi connectivity index (χ4n) is 2.10. The van der Waals surface area contributed by atoms with Crippen LogP contribution in [0.1, 0.15) is 22.3 Å². The van der Waals surface area contributed by atoms with E-state index in [4.69, 9.17) is 11.6 Å². The Morgan fingerprint density at radius 3 is 2.67 bits per heavy atom. The quantitative estimate of drug-likeness (QED) is 0.684. The summed E-state index contributed by atoms with van der Waals surface area (Å²) in [5, 5.41) is 0.599. The average Bonchev–Trinajstić information content (AvgIpc) is 2.47. The number of hydrogen-bond acceptors (Lipinski definition) is 2. The van der Waals surface area contributed by atoms with E-state index >= 15 is 0 Å². The normalized spacial score (nSPS) is 10.9.